The predicted molar refractivity (Wildman–Crippen MR) is 117 cm³/mol. The fraction of sp³-hybridized carbons (Fsp3) is 0.440. The van der Waals surface area contributed by atoms with Crippen LogP contribution >= 0.6 is 0 Å². The van der Waals surface area contributed by atoms with Gasteiger partial charge in [-0.25, -0.2) is 0 Å². The van der Waals surface area contributed by atoms with E-state index in [4.69, 9.17) is 14.2 Å². The molecule has 2 aromatic carbocycles. The SMILES string of the molecule is CCCc1c(OCCCOc2ccc(C3OC(=O)CC3C)cc2)ccc(C(C)=O)c1O. The fourth-order valence-corrected chi connectivity index (χ4v) is 3.79. The average molecular weight is 427 g/mol. The summed E-state index contributed by atoms with van der Waals surface area (Å²) in [6, 6.07) is 11.0. The molecular formula is C25H30O6. The van der Waals surface area contributed by atoms with Crippen molar-refractivity contribution in [3.05, 3.63) is 53.1 Å². The highest BCUT2D eigenvalue weighted by atomic mass is 16.6. The summed E-state index contributed by atoms with van der Waals surface area (Å²) in [5.74, 6) is 1.23. The number of phenolic OH excluding ortho intramolecular Hbond substituents is 1. The molecule has 1 aliphatic heterocycles. The standard InChI is InChI=1S/C25H30O6/c1-4-6-21-22(12-11-20(17(3)26)24(21)28)30-14-5-13-29-19-9-7-18(8-10-19)25-16(2)15-23(27)31-25/h7-12,16,25,28H,4-6,13-15H2,1-3H3. The predicted octanol–water partition coefficient (Wildman–Crippen LogP) is 5.02. The van der Waals surface area contributed by atoms with E-state index >= 15 is 0 Å². The molecule has 2 unspecified atom stereocenters. The van der Waals surface area contributed by atoms with E-state index < -0.39 is 0 Å². The number of hydrogen-bond donors (Lipinski definition) is 1. The Hall–Kier alpha value is -3.02. The van der Waals surface area contributed by atoms with Crippen LogP contribution in [0.15, 0.2) is 36.4 Å². The van der Waals surface area contributed by atoms with E-state index in [2.05, 4.69) is 0 Å². The van der Waals surface area contributed by atoms with Gasteiger partial charge in [-0.2, -0.15) is 0 Å². The van der Waals surface area contributed by atoms with Gasteiger partial charge in [-0.15, -0.1) is 0 Å². The molecule has 0 saturated carbocycles. The number of benzene rings is 2. The van der Waals surface area contributed by atoms with E-state index in [9.17, 15) is 14.7 Å². The van der Waals surface area contributed by atoms with Crippen molar-refractivity contribution in [3.63, 3.8) is 0 Å². The number of carbonyl (C=O) groups is 2. The second-order valence-electron chi connectivity index (χ2n) is 7.96. The first-order chi connectivity index (χ1) is 14.9. The minimum atomic E-state index is -0.182. The van der Waals surface area contributed by atoms with Gasteiger partial charge in [-0.05, 0) is 43.2 Å². The van der Waals surface area contributed by atoms with Crippen LogP contribution in [0.4, 0.5) is 0 Å². The summed E-state index contributed by atoms with van der Waals surface area (Å²) in [6.45, 7) is 6.38. The molecule has 6 nitrogen and oxygen atoms in total. The maximum absolute atomic E-state index is 11.7. The number of carbonyl (C=O) groups excluding carboxylic acids is 2. The molecule has 3 rings (SSSR count). The van der Waals surface area contributed by atoms with Crippen LogP contribution in [-0.2, 0) is 16.0 Å². The van der Waals surface area contributed by atoms with E-state index in [0.717, 1.165) is 17.7 Å². The molecule has 0 radical (unpaired) electrons. The number of hydrogen-bond acceptors (Lipinski definition) is 6. The molecule has 0 amide bonds. The molecule has 2 atom stereocenters. The summed E-state index contributed by atoms with van der Waals surface area (Å²) in [7, 11) is 0. The summed E-state index contributed by atoms with van der Waals surface area (Å²) >= 11 is 0. The van der Waals surface area contributed by atoms with Crippen LogP contribution in [0, 0.1) is 5.92 Å². The van der Waals surface area contributed by atoms with Crippen molar-refractivity contribution in [3.8, 4) is 17.2 Å². The molecule has 2 aromatic rings. The van der Waals surface area contributed by atoms with Crippen molar-refractivity contribution in [1.29, 1.82) is 0 Å². The van der Waals surface area contributed by atoms with Gasteiger partial charge in [0.1, 0.15) is 23.4 Å². The van der Waals surface area contributed by atoms with E-state index in [-0.39, 0.29) is 29.5 Å². The number of phenols is 1. The summed E-state index contributed by atoms with van der Waals surface area (Å²) < 4.78 is 17.0. The Labute approximate surface area is 183 Å². The van der Waals surface area contributed by atoms with Crippen LogP contribution in [0.2, 0.25) is 0 Å². The van der Waals surface area contributed by atoms with Crippen molar-refractivity contribution in [2.24, 2.45) is 5.92 Å². The molecule has 1 N–H and O–H groups in total. The zero-order chi connectivity index (χ0) is 22.4. The quantitative estimate of drug-likeness (QED) is 0.326. The monoisotopic (exact) mass is 426 g/mol. The van der Waals surface area contributed by atoms with Gasteiger partial charge < -0.3 is 19.3 Å². The summed E-state index contributed by atoms with van der Waals surface area (Å²) in [5.41, 5.74) is 1.98. The number of aromatic hydroxyl groups is 1. The maximum atomic E-state index is 11.7. The first-order valence-electron chi connectivity index (χ1n) is 10.8. The Kier molecular flexibility index (Phi) is 7.55. The summed E-state index contributed by atoms with van der Waals surface area (Å²) in [6.07, 6.45) is 2.42. The van der Waals surface area contributed by atoms with Crippen molar-refractivity contribution in [1.82, 2.24) is 0 Å². The lowest BCUT2D eigenvalue weighted by atomic mass is 9.97. The summed E-state index contributed by atoms with van der Waals surface area (Å²) in [5, 5.41) is 10.4. The first-order valence-corrected chi connectivity index (χ1v) is 10.8. The second-order valence-corrected chi connectivity index (χ2v) is 7.96. The van der Waals surface area contributed by atoms with Gasteiger partial charge in [0.25, 0.3) is 0 Å². The first kappa shape index (κ1) is 22.7. The van der Waals surface area contributed by atoms with Crippen molar-refractivity contribution in [2.45, 2.75) is 52.6 Å². The molecular weight excluding hydrogens is 396 g/mol. The Balaban J connectivity index is 1.49. The normalized spacial score (nSPS) is 18.0. The molecule has 0 spiro atoms. The van der Waals surface area contributed by atoms with Crippen LogP contribution in [0.25, 0.3) is 0 Å². The van der Waals surface area contributed by atoms with Crippen LogP contribution in [0.5, 0.6) is 17.2 Å². The number of rotatable bonds is 10. The lowest BCUT2D eigenvalue weighted by Crippen LogP contribution is -2.07. The van der Waals surface area contributed by atoms with Crippen molar-refractivity contribution >= 4 is 11.8 Å². The molecule has 31 heavy (non-hydrogen) atoms. The van der Waals surface area contributed by atoms with E-state index in [1.54, 1.807) is 12.1 Å². The number of ketones is 1. The van der Waals surface area contributed by atoms with Crippen molar-refractivity contribution in [2.75, 3.05) is 13.2 Å². The average Bonchev–Trinajstić information content (AvgIpc) is 3.08. The number of cyclic esters (lactones) is 1. The minimum absolute atomic E-state index is 0.0189. The van der Waals surface area contributed by atoms with Gasteiger partial charge in [0.15, 0.2) is 5.78 Å². The zero-order valence-electron chi connectivity index (χ0n) is 18.3. The highest BCUT2D eigenvalue weighted by Crippen LogP contribution is 2.35. The van der Waals surface area contributed by atoms with Gasteiger partial charge in [0, 0.05) is 17.9 Å². The van der Waals surface area contributed by atoms with Gasteiger partial charge in [-0.1, -0.05) is 32.4 Å². The zero-order valence-corrected chi connectivity index (χ0v) is 18.3. The molecule has 1 aliphatic rings. The lowest BCUT2D eigenvalue weighted by Gasteiger charge is -2.15. The molecule has 0 bridgehead atoms. The Morgan fingerprint density at radius 3 is 2.45 bits per heavy atom. The molecule has 0 aliphatic carbocycles. The molecule has 1 saturated heterocycles. The lowest BCUT2D eigenvalue weighted by molar-refractivity contribution is -0.141. The molecule has 166 valence electrons. The molecule has 1 heterocycles. The van der Waals surface area contributed by atoms with E-state index in [1.807, 2.05) is 38.1 Å². The van der Waals surface area contributed by atoms with E-state index in [0.29, 0.717) is 49.4 Å². The van der Waals surface area contributed by atoms with Gasteiger partial charge in [-0.3, -0.25) is 9.59 Å². The van der Waals surface area contributed by atoms with Crippen LogP contribution < -0.4 is 9.47 Å². The van der Waals surface area contributed by atoms with Crippen LogP contribution in [0.1, 0.15) is 67.6 Å². The molecule has 1 fully saturated rings. The van der Waals surface area contributed by atoms with E-state index in [1.165, 1.54) is 6.92 Å². The Morgan fingerprint density at radius 2 is 1.84 bits per heavy atom. The number of Topliss-reactive ketones (excluding diaryl/α,β-unsaturated/α-hetero) is 1. The maximum Gasteiger partial charge on any atom is 0.306 e. The fourth-order valence-electron chi connectivity index (χ4n) is 3.79. The number of ether oxygens (including phenoxy) is 3. The van der Waals surface area contributed by atoms with Crippen LogP contribution in [-0.4, -0.2) is 30.1 Å². The molecule has 6 heteroatoms. The largest absolute Gasteiger partial charge is 0.507 e. The third-order valence-electron chi connectivity index (χ3n) is 5.41. The topological polar surface area (TPSA) is 82.1 Å². The van der Waals surface area contributed by atoms with Crippen LogP contribution in [0.3, 0.4) is 0 Å². The summed E-state index contributed by atoms with van der Waals surface area (Å²) in [4.78, 5) is 23.1. The van der Waals surface area contributed by atoms with Gasteiger partial charge in [0.05, 0.1) is 25.2 Å². The van der Waals surface area contributed by atoms with Crippen molar-refractivity contribution < 1.29 is 28.9 Å². The Bertz CT molecular complexity index is 918. The molecule has 0 aromatic heterocycles. The van der Waals surface area contributed by atoms with Gasteiger partial charge >= 0.3 is 5.97 Å². The third-order valence-corrected chi connectivity index (χ3v) is 5.41. The smallest absolute Gasteiger partial charge is 0.306 e. The minimum Gasteiger partial charge on any atom is -0.507 e. The Morgan fingerprint density at radius 1 is 1.13 bits per heavy atom. The van der Waals surface area contributed by atoms with Gasteiger partial charge in [0.2, 0.25) is 0 Å². The second kappa shape index (κ2) is 10.3. The highest BCUT2D eigenvalue weighted by Gasteiger charge is 2.32. The third kappa shape index (κ3) is 5.57. The number of esters is 1. The highest BCUT2D eigenvalue weighted by molar-refractivity contribution is 5.97.